The second-order valence-corrected chi connectivity index (χ2v) is 7.55. The number of aromatic nitrogens is 1. The van der Waals surface area contributed by atoms with Gasteiger partial charge in [0.25, 0.3) is 11.8 Å². The maximum absolute atomic E-state index is 12.1. The number of alkyl halides is 3. The van der Waals surface area contributed by atoms with Gasteiger partial charge in [-0.15, -0.1) is 24.5 Å². The summed E-state index contributed by atoms with van der Waals surface area (Å²) in [5.41, 5.74) is 0.303. The number of hydrogen-bond acceptors (Lipinski definition) is 6. The molecule has 0 aliphatic carbocycles. The minimum atomic E-state index is -4.77. The molecule has 0 aliphatic heterocycles. The third kappa shape index (κ3) is 8.83. The third-order valence-corrected chi connectivity index (χ3v) is 5.20. The number of halogens is 3. The third-order valence-electron chi connectivity index (χ3n) is 4.35. The summed E-state index contributed by atoms with van der Waals surface area (Å²) >= 11 is 1.25. The lowest BCUT2D eigenvalue weighted by atomic mass is 10.0. The van der Waals surface area contributed by atoms with Gasteiger partial charge in [0.05, 0.1) is 6.54 Å². The average molecular weight is 459 g/mol. The Morgan fingerprint density at radius 1 is 1.10 bits per heavy atom. The van der Waals surface area contributed by atoms with Crippen LogP contribution in [-0.2, 0) is 11.3 Å². The highest BCUT2D eigenvalue weighted by Gasteiger charge is 2.31. The lowest BCUT2D eigenvalue weighted by Crippen LogP contribution is -2.29. The molecule has 0 aliphatic rings. The van der Waals surface area contributed by atoms with Gasteiger partial charge in [-0.3, -0.25) is 9.59 Å². The highest BCUT2D eigenvalue weighted by Crippen LogP contribution is 2.24. The number of nitrogens with one attached hydrogen (secondary N) is 2. The number of benzene rings is 1. The molecule has 0 saturated heterocycles. The Labute approximate surface area is 182 Å². The standard InChI is InChI=1S/C20H24F3N3O4S/c1-3-13(4-2)9-25-19(28)16-12-31-18(26-16)10-24-17(27)11-29-14-5-7-15(8-6-14)30-20(21,22)23/h5-8,12-13H,3-4,9-11H2,1-2H3,(H,24,27)(H,25,28). The number of hydrogen-bond donors (Lipinski definition) is 2. The van der Waals surface area contributed by atoms with Crippen LogP contribution in [0.2, 0.25) is 0 Å². The second-order valence-electron chi connectivity index (χ2n) is 6.60. The van der Waals surface area contributed by atoms with Crippen molar-refractivity contribution in [1.29, 1.82) is 0 Å². The molecule has 170 valence electrons. The van der Waals surface area contributed by atoms with E-state index >= 15 is 0 Å². The first-order valence-corrected chi connectivity index (χ1v) is 10.6. The van der Waals surface area contributed by atoms with E-state index in [2.05, 4.69) is 34.2 Å². The summed E-state index contributed by atoms with van der Waals surface area (Å²) in [5, 5.41) is 7.67. The fraction of sp³-hybridized carbons (Fsp3) is 0.450. The Balaban J connectivity index is 1.73. The van der Waals surface area contributed by atoms with E-state index in [1.807, 2.05) is 0 Å². The number of thiazole rings is 1. The van der Waals surface area contributed by atoms with Crippen LogP contribution in [-0.4, -0.2) is 36.3 Å². The second kappa shape index (κ2) is 11.5. The molecule has 2 N–H and O–H groups in total. The maximum atomic E-state index is 12.1. The molecule has 2 amide bonds. The van der Waals surface area contributed by atoms with E-state index in [9.17, 15) is 22.8 Å². The number of carbonyl (C=O) groups is 2. The van der Waals surface area contributed by atoms with Crippen molar-refractivity contribution < 1.29 is 32.2 Å². The average Bonchev–Trinajstić information content (AvgIpc) is 3.20. The van der Waals surface area contributed by atoms with Crippen molar-refractivity contribution in [3.8, 4) is 11.5 Å². The summed E-state index contributed by atoms with van der Waals surface area (Å²) in [7, 11) is 0. The Morgan fingerprint density at radius 3 is 2.35 bits per heavy atom. The van der Waals surface area contributed by atoms with Crippen LogP contribution < -0.4 is 20.1 Å². The van der Waals surface area contributed by atoms with Gasteiger partial charge in [0.15, 0.2) is 6.61 Å². The van der Waals surface area contributed by atoms with Crippen LogP contribution in [0.25, 0.3) is 0 Å². The van der Waals surface area contributed by atoms with Gasteiger partial charge in [-0.25, -0.2) is 4.98 Å². The largest absolute Gasteiger partial charge is 0.573 e. The normalized spacial score (nSPS) is 11.3. The topological polar surface area (TPSA) is 89.6 Å². The molecule has 2 aromatic rings. The molecule has 0 unspecified atom stereocenters. The first kappa shape index (κ1) is 24.4. The number of ether oxygens (including phenoxy) is 2. The van der Waals surface area contributed by atoms with Crippen molar-refractivity contribution in [2.75, 3.05) is 13.2 Å². The smallest absolute Gasteiger partial charge is 0.484 e. The Bertz CT molecular complexity index is 852. The molecule has 0 spiro atoms. The number of nitrogens with zero attached hydrogens (tertiary/aromatic N) is 1. The molecular formula is C20H24F3N3O4S. The zero-order chi connectivity index (χ0) is 22.9. The summed E-state index contributed by atoms with van der Waals surface area (Å²) < 4.78 is 45.4. The van der Waals surface area contributed by atoms with Gasteiger partial charge < -0.3 is 20.1 Å². The van der Waals surface area contributed by atoms with E-state index in [1.54, 1.807) is 5.38 Å². The molecule has 1 heterocycles. The van der Waals surface area contributed by atoms with Crippen LogP contribution in [0.15, 0.2) is 29.6 Å². The molecule has 7 nitrogen and oxygen atoms in total. The molecule has 1 aromatic heterocycles. The van der Waals surface area contributed by atoms with E-state index < -0.39 is 12.3 Å². The molecule has 0 saturated carbocycles. The lowest BCUT2D eigenvalue weighted by molar-refractivity contribution is -0.274. The van der Waals surface area contributed by atoms with Gasteiger partial charge in [0.1, 0.15) is 22.2 Å². The number of carbonyl (C=O) groups excluding carboxylic acids is 2. The van der Waals surface area contributed by atoms with E-state index in [0.29, 0.717) is 23.2 Å². The van der Waals surface area contributed by atoms with Crippen molar-refractivity contribution in [3.63, 3.8) is 0 Å². The SMILES string of the molecule is CCC(CC)CNC(=O)c1csc(CNC(=O)COc2ccc(OC(F)(F)F)cc2)n1. The highest BCUT2D eigenvalue weighted by molar-refractivity contribution is 7.09. The van der Waals surface area contributed by atoms with E-state index in [1.165, 1.54) is 23.5 Å². The van der Waals surface area contributed by atoms with Crippen LogP contribution >= 0.6 is 11.3 Å². The summed E-state index contributed by atoms with van der Waals surface area (Å²) in [4.78, 5) is 28.3. The Hall–Kier alpha value is -2.82. The summed E-state index contributed by atoms with van der Waals surface area (Å²) in [6, 6.07) is 4.71. The first-order chi connectivity index (χ1) is 14.7. The number of rotatable bonds is 11. The Morgan fingerprint density at radius 2 is 1.74 bits per heavy atom. The van der Waals surface area contributed by atoms with Crippen molar-refractivity contribution in [1.82, 2.24) is 15.6 Å². The van der Waals surface area contributed by atoms with Crippen molar-refractivity contribution >= 4 is 23.2 Å². The quantitative estimate of drug-likeness (QED) is 0.532. The molecule has 31 heavy (non-hydrogen) atoms. The van der Waals surface area contributed by atoms with Crippen LogP contribution in [0.3, 0.4) is 0 Å². The van der Waals surface area contributed by atoms with Crippen molar-refractivity contribution in [2.45, 2.75) is 39.6 Å². The fourth-order valence-corrected chi connectivity index (χ4v) is 3.23. The van der Waals surface area contributed by atoms with E-state index in [-0.39, 0.29) is 30.6 Å². The predicted octanol–water partition coefficient (Wildman–Crippen LogP) is 3.90. The Kier molecular flexibility index (Phi) is 9.10. The van der Waals surface area contributed by atoms with Crippen molar-refractivity contribution in [2.24, 2.45) is 5.92 Å². The van der Waals surface area contributed by atoms with Crippen LogP contribution in [0.5, 0.6) is 11.5 Å². The number of amides is 2. The summed E-state index contributed by atoms with van der Waals surface area (Å²) in [6.45, 7) is 4.55. The molecule has 1 aromatic carbocycles. The molecule has 0 fully saturated rings. The van der Waals surface area contributed by atoms with Gasteiger partial charge in [-0.05, 0) is 30.2 Å². The predicted molar refractivity (Wildman–Crippen MR) is 109 cm³/mol. The van der Waals surface area contributed by atoms with Crippen molar-refractivity contribution in [3.05, 3.63) is 40.3 Å². The van der Waals surface area contributed by atoms with E-state index in [0.717, 1.165) is 25.0 Å². The maximum Gasteiger partial charge on any atom is 0.573 e. The fourth-order valence-electron chi connectivity index (χ4n) is 2.51. The summed E-state index contributed by atoms with van der Waals surface area (Å²) in [6.07, 6.45) is -2.80. The summed E-state index contributed by atoms with van der Waals surface area (Å²) in [5.74, 6) is -0.426. The molecule has 0 bridgehead atoms. The van der Waals surface area contributed by atoms with Crippen LogP contribution in [0, 0.1) is 5.92 Å². The van der Waals surface area contributed by atoms with Gasteiger partial charge in [0.2, 0.25) is 0 Å². The van der Waals surface area contributed by atoms with Gasteiger partial charge in [0, 0.05) is 11.9 Å². The minimum absolute atomic E-state index is 0.130. The van der Waals surface area contributed by atoms with Gasteiger partial charge in [-0.2, -0.15) is 0 Å². The first-order valence-electron chi connectivity index (χ1n) is 9.68. The lowest BCUT2D eigenvalue weighted by Gasteiger charge is -2.12. The highest BCUT2D eigenvalue weighted by atomic mass is 32.1. The monoisotopic (exact) mass is 459 g/mol. The molecule has 0 radical (unpaired) electrons. The minimum Gasteiger partial charge on any atom is -0.484 e. The zero-order valence-corrected chi connectivity index (χ0v) is 17.9. The molecule has 0 atom stereocenters. The molecule has 2 rings (SSSR count). The van der Waals surface area contributed by atoms with Gasteiger partial charge in [-0.1, -0.05) is 26.7 Å². The van der Waals surface area contributed by atoms with Crippen LogP contribution in [0.1, 0.15) is 42.2 Å². The zero-order valence-electron chi connectivity index (χ0n) is 17.1. The molecule has 11 heteroatoms. The van der Waals surface area contributed by atoms with Gasteiger partial charge >= 0.3 is 6.36 Å². The van der Waals surface area contributed by atoms with E-state index in [4.69, 9.17) is 4.74 Å². The molecular weight excluding hydrogens is 435 g/mol. The van der Waals surface area contributed by atoms with Crippen LogP contribution in [0.4, 0.5) is 13.2 Å².